The van der Waals surface area contributed by atoms with Crippen molar-refractivity contribution in [3.8, 4) is 0 Å². The predicted octanol–water partition coefficient (Wildman–Crippen LogP) is 1.24. The van der Waals surface area contributed by atoms with E-state index < -0.39 is 0 Å². The first-order valence-electron chi connectivity index (χ1n) is 4.72. The van der Waals surface area contributed by atoms with E-state index in [-0.39, 0.29) is 12.1 Å². The van der Waals surface area contributed by atoms with Gasteiger partial charge in [0.1, 0.15) is 0 Å². The fourth-order valence-corrected chi connectivity index (χ4v) is 2.48. The normalized spacial score (nSPS) is 25.2. The summed E-state index contributed by atoms with van der Waals surface area (Å²) >= 11 is 2.03. The zero-order chi connectivity index (χ0) is 8.97. The second kappa shape index (κ2) is 5.10. The summed E-state index contributed by atoms with van der Waals surface area (Å²) in [5.74, 6) is 2.54. The Morgan fingerprint density at radius 1 is 1.33 bits per heavy atom. The number of rotatable bonds is 3. The summed E-state index contributed by atoms with van der Waals surface area (Å²) in [5.41, 5.74) is 0. The van der Waals surface area contributed by atoms with Crippen LogP contribution < -0.4 is 5.32 Å². The molecule has 0 spiro atoms. The summed E-state index contributed by atoms with van der Waals surface area (Å²) in [5, 5.41) is 12.7. The number of hydrogen-bond acceptors (Lipinski definition) is 3. The van der Waals surface area contributed by atoms with E-state index in [0.717, 1.165) is 0 Å². The van der Waals surface area contributed by atoms with Crippen molar-refractivity contribution in [1.29, 1.82) is 0 Å². The largest absolute Gasteiger partial charge is 0.392 e. The van der Waals surface area contributed by atoms with Crippen LogP contribution in [-0.2, 0) is 0 Å². The molecule has 1 heterocycles. The first-order chi connectivity index (χ1) is 5.70. The minimum Gasteiger partial charge on any atom is -0.392 e. The molecule has 0 aromatic carbocycles. The molecule has 0 amide bonds. The van der Waals surface area contributed by atoms with Crippen molar-refractivity contribution in [2.75, 3.05) is 11.5 Å². The molecule has 0 aromatic rings. The zero-order valence-corrected chi connectivity index (χ0v) is 8.73. The van der Waals surface area contributed by atoms with Crippen LogP contribution in [0.25, 0.3) is 0 Å². The van der Waals surface area contributed by atoms with E-state index in [0.29, 0.717) is 6.04 Å². The lowest BCUT2D eigenvalue weighted by Gasteiger charge is -2.27. The fraction of sp³-hybridized carbons (Fsp3) is 1.00. The van der Waals surface area contributed by atoms with Crippen molar-refractivity contribution in [3.05, 3.63) is 0 Å². The number of thioether (sulfide) groups is 1. The van der Waals surface area contributed by atoms with Gasteiger partial charge in [0.15, 0.2) is 0 Å². The fourth-order valence-electron chi connectivity index (χ4n) is 1.38. The molecule has 1 rings (SSSR count). The molecule has 3 heteroatoms. The molecular weight excluding hydrogens is 170 g/mol. The van der Waals surface area contributed by atoms with E-state index >= 15 is 0 Å². The molecule has 0 aliphatic carbocycles. The van der Waals surface area contributed by atoms with Crippen LogP contribution in [0.1, 0.15) is 26.7 Å². The Morgan fingerprint density at radius 3 is 2.42 bits per heavy atom. The van der Waals surface area contributed by atoms with Crippen LogP contribution in [0.5, 0.6) is 0 Å². The second-order valence-electron chi connectivity index (χ2n) is 3.58. The SMILES string of the molecule is CC(O)C(C)NC1CCSCC1. The van der Waals surface area contributed by atoms with Crippen LogP contribution in [0.2, 0.25) is 0 Å². The summed E-state index contributed by atoms with van der Waals surface area (Å²) in [4.78, 5) is 0. The van der Waals surface area contributed by atoms with Crippen LogP contribution in [0, 0.1) is 0 Å². The first kappa shape index (κ1) is 10.4. The third kappa shape index (κ3) is 3.33. The standard InChI is InChI=1S/C9H19NOS/c1-7(8(2)11)10-9-3-5-12-6-4-9/h7-11H,3-6H2,1-2H3. The summed E-state index contributed by atoms with van der Waals surface area (Å²) < 4.78 is 0. The van der Waals surface area contributed by atoms with E-state index in [9.17, 15) is 5.11 Å². The van der Waals surface area contributed by atoms with Crippen molar-refractivity contribution < 1.29 is 5.11 Å². The van der Waals surface area contributed by atoms with Crippen molar-refractivity contribution in [1.82, 2.24) is 5.32 Å². The van der Waals surface area contributed by atoms with Gasteiger partial charge in [-0.2, -0.15) is 11.8 Å². The molecular formula is C9H19NOS. The van der Waals surface area contributed by atoms with Gasteiger partial charge < -0.3 is 10.4 Å². The third-order valence-corrected chi connectivity index (χ3v) is 3.49. The molecule has 2 N–H and O–H groups in total. The van der Waals surface area contributed by atoms with Gasteiger partial charge in [-0.3, -0.25) is 0 Å². The maximum absolute atomic E-state index is 9.28. The quantitative estimate of drug-likeness (QED) is 0.700. The van der Waals surface area contributed by atoms with Crippen molar-refractivity contribution >= 4 is 11.8 Å². The molecule has 0 aromatic heterocycles. The molecule has 0 saturated carbocycles. The Kier molecular flexibility index (Phi) is 4.40. The predicted molar refractivity (Wildman–Crippen MR) is 54.6 cm³/mol. The van der Waals surface area contributed by atoms with Gasteiger partial charge in [0, 0.05) is 12.1 Å². The van der Waals surface area contributed by atoms with Crippen LogP contribution in [-0.4, -0.2) is 34.8 Å². The lowest BCUT2D eigenvalue weighted by atomic mass is 10.1. The van der Waals surface area contributed by atoms with Crippen LogP contribution >= 0.6 is 11.8 Å². The van der Waals surface area contributed by atoms with Gasteiger partial charge in [0.2, 0.25) is 0 Å². The molecule has 1 aliphatic rings. The smallest absolute Gasteiger partial charge is 0.0662 e. The minimum atomic E-state index is -0.237. The lowest BCUT2D eigenvalue weighted by Crippen LogP contribution is -2.43. The van der Waals surface area contributed by atoms with E-state index in [2.05, 4.69) is 5.32 Å². The average Bonchev–Trinajstić information content (AvgIpc) is 2.06. The molecule has 1 saturated heterocycles. The number of nitrogens with one attached hydrogen (secondary N) is 1. The van der Waals surface area contributed by atoms with Crippen LogP contribution in [0.15, 0.2) is 0 Å². The zero-order valence-electron chi connectivity index (χ0n) is 7.92. The lowest BCUT2D eigenvalue weighted by molar-refractivity contribution is 0.144. The third-order valence-electron chi connectivity index (χ3n) is 2.44. The Hall–Kier alpha value is 0.270. The van der Waals surface area contributed by atoms with Crippen molar-refractivity contribution in [2.24, 2.45) is 0 Å². The Balaban J connectivity index is 2.20. The van der Waals surface area contributed by atoms with Gasteiger partial charge in [0.25, 0.3) is 0 Å². The Morgan fingerprint density at radius 2 is 1.92 bits per heavy atom. The highest BCUT2D eigenvalue weighted by Gasteiger charge is 2.17. The molecule has 2 unspecified atom stereocenters. The number of hydrogen-bond donors (Lipinski definition) is 2. The summed E-state index contributed by atoms with van der Waals surface area (Å²) in [6, 6.07) is 0.869. The van der Waals surface area contributed by atoms with E-state index in [1.807, 2.05) is 25.6 Å². The van der Waals surface area contributed by atoms with Gasteiger partial charge in [-0.05, 0) is 38.2 Å². The second-order valence-corrected chi connectivity index (χ2v) is 4.81. The molecule has 2 atom stereocenters. The van der Waals surface area contributed by atoms with Crippen molar-refractivity contribution in [2.45, 2.75) is 44.9 Å². The molecule has 0 radical (unpaired) electrons. The highest BCUT2D eigenvalue weighted by Crippen LogP contribution is 2.17. The maximum atomic E-state index is 9.28. The van der Waals surface area contributed by atoms with Crippen LogP contribution in [0.3, 0.4) is 0 Å². The molecule has 72 valence electrons. The van der Waals surface area contributed by atoms with Gasteiger partial charge in [-0.25, -0.2) is 0 Å². The highest BCUT2D eigenvalue weighted by atomic mass is 32.2. The molecule has 0 bridgehead atoms. The Bertz CT molecular complexity index is 124. The highest BCUT2D eigenvalue weighted by molar-refractivity contribution is 7.99. The summed E-state index contributed by atoms with van der Waals surface area (Å²) in [6.07, 6.45) is 2.27. The molecule has 1 aliphatic heterocycles. The van der Waals surface area contributed by atoms with Gasteiger partial charge >= 0.3 is 0 Å². The minimum absolute atomic E-state index is 0.234. The molecule has 2 nitrogen and oxygen atoms in total. The first-order valence-corrected chi connectivity index (χ1v) is 5.87. The average molecular weight is 189 g/mol. The maximum Gasteiger partial charge on any atom is 0.0662 e. The molecule has 1 fully saturated rings. The van der Waals surface area contributed by atoms with Gasteiger partial charge in [0.05, 0.1) is 6.10 Å². The molecule has 12 heavy (non-hydrogen) atoms. The Labute approximate surface area is 79.1 Å². The van der Waals surface area contributed by atoms with E-state index in [1.165, 1.54) is 24.3 Å². The summed E-state index contributed by atoms with van der Waals surface area (Å²) in [6.45, 7) is 3.89. The van der Waals surface area contributed by atoms with E-state index in [1.54, 1.807) is 0 Å². The van der Waals surface area contributed by atoms with Gasteiger partial charge in [-0.15, -0.1) is 0 Å². The van der Waals surface area contributed by atoms with Crippen molar-refractivity contribution in [3.63, 3.8) is 0 Å². The summed E-state index contributed by atoms with van der Waals surface area (Å²) in [7, 11) is 0. The number of aliphatic hydroxyl groups is 1. The van der Waals surface area contributed by atoms with E-state index in [4.69, 9.17) is 0 Å². The van der Waals surface area contributed by atoms with Gasteiger partial charge in [-0.1, -0.05) is 0 Å². The van der Waals surface area contributed by atoms with Crippen LogP contribution in [0.4, 0.5) is 0 Å². The number of aliphatic hydroxyl groups excluding tert-OH is 1. The topological polar surface area (TPSA) is 32.3 Å². The monoisotopic (exact) mass is 189 g/mol.